The molecule has 1 atom stereocenters. The molecule has 0 bridgehead atoms. The quantitative estimate of drug-likeness (QED) is 0.895. The largest absolute Gasteiger partial charge is 0.497 e. The first kappa shape index (κ1) is 19.8. The Kier molecular flexibility index (Phi) is 6.29. The summed E-state index contributed by atoms with van der Waals surface area (Å²) in [6.45, 7) is 8.19. The smallest absolute Gasteiger partial charge is 0.408 e. The lowest BCUT2D eigenvalue weighted by molar-refractivity contribution is -0.132. The van der Waals surface area contributed by atoms with Gasteiger partial charge in [0.05, 0.1) is 7.11 Å². The number of hydrogen-bond acceptors (Lipinski definition) is 4. The molecule has 0 saturated carbocycles. The van der Waals surface area contributed by atoms with Crippen LogP contribution >= 0.6 is 0 Å². The third kappa shape index (κ3) is 5.51. The Labute approximate surface area is 155 Å². The Bertz CT molecular complexity index is 674. The molecule has 6 heteroatoms. The van der Waals surface area contributed by atoms with Gasteiger partial charge in [-0.2, -0.15) is 0 Å². The zero-order chi connectivity index (χ0) is 19.3. The Morgan fingerprint density at radius 3 is 2.35 bits per heavy atom. The van der Waals surface area contributed by atoms with E-state index in [1.165, 1.54) is 5.57 Å². The van der Waals surface area contributed by atoms with Crippen molar-refractivity contribution in [1.82, 2.24) is 10.2 Å². The first-order valence-corrected chi connectivity index (χ1v) is 8.81. The van der Waals surface area contributed by atoms with Crippen molar-refractivity contribution in [2.24, 2.45) is 0 Å². The van der Waals surface area contributed by atoms with Crippen molar-refractivity contribution in [3.8, 4) is 5.75 Å². The number of ether oxygens (including phenoxy) is 2. The van der Waals surface area contributed by atoms with Crippen molar-refractivity contribution in [2.45, 2.75) is 45.8 Å². The van der Waals surface area contributed by atoms with Gasteiger partial charge in [0.1, 0.15) is 17.4 Å². The number of rotatable bonds is 4. The summed E-state index contributed by atoms with van der Waals surface area (Å²) >= 11 is 0. The van der Waals surface area contributed by atoms with Gasteiger partial charge in [0, 0.05) is 13.1 Å². The molecule has 142 valence electrons. The molecule has 6 nitrogen and oxygen atoms in total. The second kappa shape index (κ2) is 8.25. The molecule has 0 fully saturated rings. The predicted molar refractivity (Wildman–Crippen MR) is 101 cm³/mol. The van der Waals surface area contributed by atoms with Crippen molar-refractivity contribution >= 4 is 17.6 Å². The number of carbonyl (C=O) groups excluding carboxylic acids is 2. The molecule has 1 N–H and O–H groups in total. The summed E-state index contributed by atoms with van der Waals surface area (Å²) in [7, 11) is 1.64. The van der Waals surface area contributed by atoms with Crippen LogP contribution in [-0.2, 0) is 9.53 Å². The summed E-state index contributed by atoms with van der Waals surface area (Å²) in [5.74, 6) is 0.713. The highest BCUT2D eigenvalue weighted by Crippen LogP contribution is 2.24. The van der Waals surface area contributed by atoms with Crippen LogP contribution in [0.2, 0.25) is 0 Å². The van der Waals surface area contributed by atoms with E-state index in [9.17, 15) is 9.59 Å². The maximum atomic E-state index is 12.5. The molecule has 1 aliphatic heterocycles. The maximum absolute atomic E-state index is 12.5. The summed E-state index contributed by atoms with van der Waals surface area (Å²) in [5.41, 5.74) is 1.76. The van der Waals surface area contributed by atoms with Crippen LogP contribution in [0.15, 0.2) is 30.3 Å². The second-order valence-electron chi connectivity index (χ2n) is 7.36. The van der Waals surface area contributed by atoms with Gasteiger partial charge < -0.3 is 19.7 Å². The van der Waals surface area contributed by atoms with E-state index < -0.39 is 17.7 Å². The number of methoxy groups -OCH3 is 1. The lowest BCUT2D eigenvalue weighted by Crippen LogP contribution is -2.49. The molecule has 26 heavy (non-hydrogen) atoms. The molecule has 2 rings (SSSR count). The van der Waals surface area contributed by atoms with Crippen molar-refractivity contribution in [2.75, 3.05) is 20.2 Å². The van der Waals surface area contributed by atoms with E-state index in [1.807, 2.05) is 24.3 Å². The highest BCUT2D eigenvalue weighted by molar-refractivity contribution is 5.86. The van der Waals surface area contributed by atoms with Crippen LogP contribution in [0.1, 0.15) is 39.7 Å². The van der Waals surface area contributed by atoms with Crippen molar-refractivity contribution in [1.29, 1.82) is 0 Å². The van der Waals surface area contributed by atoms with Gasteiger partial charge in [-0.1, -0.05) is 18.2 Å². The van der Waals surface area contributed by atoms with E-state index >= 15 is 0 Å². The SMILES string of the molecule is COc1ccc(C2=CCN(C(=O)[C@@H](C)NC(=O)OC(C)(C)C)CC2)cc1. The molecular formula is C20H28N2O4. The summed E-state index contributed by atoms with van der Waals surface area (Å²) in [6, 6.07) is 7.28. The first-order chi connectivity index (χ1) is 12.2. The Morgan fingerprint density at radius 1 is 1.19 bits per heavy atom. The van der Waals surface area contributed by atoms with E-state index in [-0.39, 0.29) is 5.91 Å². The van der Waals surface area contributed by atoms with Gasteiger partial charge in [-0.3, -0.25) is 4.79 Å². The standard InChI is InChI=1S/C20H28N2O4/c1-14(21-19(24)26-20(2,3)4)18(23)22-12-10-16(11-13-22)15-6-8-17(25-5)9-7-15/h6-10,14H,11-13H2,1-5H3,(H,21,24)/t14-/m1/s1. The molecule has 1 aromatic carbocycles. The van der Waals surface area contributed by atoms with Gasteiger partial charge in [0.2, 0.25) is 5.91 Å². The van der Waals surface area contributed by atoms with Crippen LogP contribution in [0.4, 0.5) is 4.79 Å². The molecule has 0 spiro atoms. The molecule has 0 saturated heterocycles. The Hall–Kier alpha value is -2.50. The molecule has 2 amide bonds. The number of benzene rings is 1. The van der Waals surface area contributed by atoms with E-state index in [1.54, 1.807) is 39.7 Å². The van der Waals surface area contributed by atoms with E-state index in [0.29, 0.717) is 13.1 Å². The number of alkyl carbamates (subject to hydrolysis) is 1. The topological polar surface area (TPSA) is 67.9 Å². The molecule has 1 heterocycles. The van der Waals surface area contributed by atoms with Crippen LogP contribution in [0.3, 0.4) is 0 Å². The highest BCUT2D eigenvalue weighted by Gasteiger charge is 2.25. The molecule has 1 aliphatic rings. The van der Waals surface area contributed by atoms with Crippen LogP contribution in [0, 0.1) is 0 Å². The van der Waals surface area contributed by atoms with Gasteiger partial charge in [0.15, 0.2) is 0 Å². The molecule has 0 aromatic heterocycles. The zero-order valence-electron chi connectivity index (χ0n) is 16.2. The van der Waals surface area contributed by atoms with Crippen LogP contribution in [0.5, 0.6) is 5.75 Å². The predicted octanol–water partition coefficient (Wildman–Crippen LogP) is 3.22. The van der Waals surface area contributed by atoms with Crippen molar-refractivity contribution in [3.05, 3.63) is 35.9 Å². The fourth-order valence-corrected chi connectivity index (χ4v) is 2.76. The highest BCUT2D eigenvalue weighted by atomic mass is 16.6. The number of carbonyl (C=O) groups is 2. The first-order valence-electron chi connectivity index (χ1n) is 8.81. The normalized spacial score (nSPS) is 15.7. The minimum absolute atomic E-state index is 0.110. The van der Waals surface area contributed by atoms with Gasteiger partial charge in [-0.25, -0.2) is 4.79 Å². The van der Waals surface area contributed by atoms with Gasteiger partial charge in [0.25, 0.3) is 0 Å². The minimum atomic E-state index is -0.624. The van der Waals surface area contributed by atoms with Crippen LogP contribution < -0.4 is 10.1 Å². The average Bonchev–Trinajstić information content (AvgIpc) is 2.59. The summed E-state index contributed by atoms with van der Waals surface area (Å²) in [5, 5.41) is 2.60. The fraction of sp³-hybridized carbons (Fsp3) is 0.500. The Balaban J connectivity index is 1.91. The Morgan fingerprint density at radius 2 is 1.85 bits per heavy atom. The molecular weight excluding hydrogens is 332 g/mol. The molecule has 1 aromatic rings. The second-order valence-corrected chi connectivity index (χ2v) is 7.36. The van der Waals surface area contributed by atoms with Crippen molar-refractivity contribution < 1.29 is 19.1 Å². The lowest BCUT2D eigenvalue weighted by Gasteiger charge is -2.29. The summed E-state index contributed by atoms with van der Waals surface area (Å²) < 4.78 is 10.4. The monoisotopic (exact) mass is 360 g/mol. The summed E-state index contributed by atoms with van der Waals surface area (Å²) in [4.78, 5) is 26.1. The van der Waals surface area contributed by atoms with Crippen molar-refractivity contribution in [3.63, 3.8) is 0 Å². The summed E-state index contributed by atoms with van der Waals surface area (Å²) in [6.07, 6.45) is 2.26. The third-order valence-electron chi connectivity index (χ3n) is 4.09. The van der Waals surface area contributed by atoms with Gasteiger partial charge in [-0.15, -0.1) is 0 Å². The minimum Gasteiger partial charge on any atom is -0.497 e. The molecule has 0 aliphatic carbocycles. The van der Waals surface area contributed by atoms with E-state index in [4.69, 9.17) is 9.47 Å². The molecule has 0 radical (unpaired) electrons. The average molecular weight is 360 g/mol. The fourth-order valence-electron chi connectivity index (χ4n) is 2.76. The van der Waals surface area contributed by atoms with Gasteiger partial charge >= 0.3 is 6.09 Å². The van der Waals surface area contributed by atoms with Gasteiger partial charge in [-0.05, 0) is 57.4 Å². The number of hydrogen-bond donors (Lipinski definition) is 1. The number of nitrogens with zero attached hydrogens (tertiary/aromatic N) is 1. The third-order valence-corrected chi connectivity index (χ3v) is 4.09. The zero-order valence-corrected chi connectivity index (χ0v) is 16.2. The van der Waals surface area contributed by atoms with E-state index in [2.05, 4.69) is 11.4 Å². The maximum Gasteiger partial charge on any atom is 0.408 e. The lowest BCUT2D eigenvalue weighted by atomic mass is 9.99. The number of nitrogens with one attached hydrogen (secondary N) is 1. The van der Waals surface area contributed by atoms with E-state index in [0.717, 1.165) is 17.7 Å². The number of amides is 2. The van der Waals surface area contributed by atoms with Crippen LogP contribution in [-0.4, -0.2) is 48.7 Å². The molecule has 0 unspecified atom stereocenters. The van der Waals surface area contributed by atoms with Crippen LogP contribution in [0.25, 0.3) is 5.57 Å².